The molecule has 0 bridgehead atoms. The van der Waals surface area contributed by atoms with Crippen LogP contribution in [0.3, 0.4) is 0 Å². The largest absolute Gasteiger partial charge is 1.00 e. The molecule has 0 aliphatic carbocycles. The van der Waals surface area contributed by atoms with Gasteiger partial charge in [0.1, 0.15) is 0 Å². The van der Waals surface area contributed by atoms with Gasteiger partial charge in [-0.05, 0) is 25.5 Å². The topological polar surface area (TPSA) is 12.0 Å². The molecular weight excluding hydrogens is 182 g/mol. The van der Waals surface area contributed by atoms with Crippen LogP contribution < -0.4 is 17.7 Å². The van der Waals surface area contributed by atoms with Gasteiger partial charge in [0.15, 0.2) is 0 Å². The highest BCUT2D eigenvalue weighted by Gasteiger charge is 1.99. The molecule has 0 amide bonds. The summed E-state index contributed by atoms with van der Waals surface area (Å²) in [5.74, 6) is 0. The van der Waals surface area contributed by atoms with Gasteiger partial charge in [-0.3, -0.25) is 0 Å². The molecule has 0 radical (unpaired) electrons. The third kappa shape index (κ3) is 4.91. The van der Waals surface area contributed by atoms with Crippen LogP contribution in [-0.2, 0) is 6.42 Å². The first kappa shape index (κ1) is 12.5. The predicted octanol–water partition coefficient (Wildman–Crippen LogP) is -0.656. The summed E-state index contributed by atoms with van der Waals surface area (Å²) >= 11 is 0. The summed E-state index contributed by atoms with van der Waals surface area (Å²) in [5.41, 5.74) is 1.41. The van der Waals surface area contributed by atoms with E-state index in [1.807, 2.05) is 0 Å². The van der Waals surface area contributed by atoms with Gasteiger partial charge in [0.05, 0.1) is 0 Å². The van der Waals surface area contributed by atoms with Crippen LogP contribution in [0.5, 0.6) is 0 Å². The van der Waals surface area contributed by atoms with E-state index in [1.54, 1.807) is 0 Å². The van der Waals surface area contributed by atoms with Gasteiger partial charge in [-0.2, -0.15) is 0 Å². The van der Waals surface area contributed by atoms with Crippen molar-refractivity contribution in [3.8, 4) is 0 Å². The minimum absolute atomic E-state index is 0. The minimum Gasteiger partial charge on any atom is -1.00 e. The first-order valence-electron chi connectivity index (χ1n) is 4.60. The second kappa shape index (κ2) is 6.93. The van der Waals surface area contributed by atoms with Crippen molar-refractivity contribution >= 4 is 0 Å². The molecule has 1 rings (SSSR count). The zero-order valence-electron chi connectivity index (χ0n) is 9.26. The lowest BCUT2D eigenvalue weighted by atomic mass is 10.1. The second-order valence-electron chi connectivity index (χ2n) is 3.15. The summed E-state index contributed by atoms with van der Waals surface area (Å²) in [6.45, 7) is 5.41. The SMILES string of the molecule is CCNC(C)Cc1ccccc1.[Cl-].[H+]. The van der Waals surface area contributed by atoms with Crippen molar-refractivity contribution in [2.75, 3.05) is 6.54 Å². The van der Waals surface area contributed by atoms with Gasteiger partial charge in [-0.15, -0.1) is 0 Å². The smallest absolute Gasteiger partial charge is 1.00 e. The predicted molar refractivity (Wildman–Crippen MR) is 54.4 cm³/mol. The fraction of sp³-hybridized carbons (Fsp3) is 0.455. The molecule has 1 atom stereocenters. The Labute approximate surface area is 88.4 Å². The van der Waals surface area contributed by atoms with E-state index in [2.05, 4.69) is 49.5 Å². The lowest BCUT2D eigenvalue weighted by Gasteiger charge is -2.11. The van der Waals surface area contributed by atoms with Gasteiger partial charge in [0.25, 0.3) is 0 Å². The minimum atomic E-state index is 0. The fourth-order valence-electron chi connectivity index (χ4n) is 1.39. The zero-order chi connectivity index (χ0) is 8.81. The van der Waals surface area contributed by atoms with E-state index < -0.39 is 0 Å². The first-order valence-corrected chi connectivity index (χ1v) is 4.60. The Morgan fingerprint density at radius 1 is 1.31 bits per heavy atom. The summed E-state index contributed by atoms with van der Waals surface area (Å²) in [5, 5.41) is 3.39. The van der Waals surface area contributed by atoms with Gasteiger partial charge in [0.2, 0.25) is 0 Å². The zero-order valence-corrected chi connectivity index (χ0v) is 9.01. The molecule has 1 aromatic rings. The normalized spacial score (nSPS) is 11.8. The van der Waals surface area contributed by atoms with Crippen LogP contribution in [0.15, 0.2) is 30.3 Å². The number of hydrogen-bond acceptors (Lipinski definition) is 1. The number of halogens is 1. The molecule has 1 N–H and O–H groups in total. The van der Waals surface area contributed by atoms with Crippen LogP contribution in [0.1, 0.15) is 20.8 Å². The van der Waals surface area contributed by atoms with Crippen molar-refractivity contribution in [1.29, 1.82) is 0 Å². The number of rotatable bonds is 4. The third-order valence-electron chi connectivity index (χ3n) is 1.94. The molecule has 0 heterocycles. The van der Waals surface area contributed by atoms with Crippen molar-refractivity contribution in [1.82, 2.24) is 5.32 Å². The molecule has 0 saturated carbocycles. The molecule has 2 heteroatoms. The van der Waals surface area contributed by atoms with Gasteiger partial charge in [-0.1, -0.05) is 37.3 Å². The lowest BCUT2D eigenvalue weighted by molar-refractivity contribution is -0.00000279. The van der Waals surface area contributed by atoms with Gasteiger partial charge in [-0.25, -0.2) is 0 Å². The molecular formula is C11H18ClN. The molecule has 1 unspecified atom stereocenters. The van der Waals surface area contributed by atoms with E-state index in [0.29, 0.717) is 6.04 Å². The Morgan fingerprint density at radius 3 is 2.46 bits per heavy atom. The summed E-state index contributed by atoms with van der Waals surface area (Å²) in [7, 11) is 0. The average Bonchev–Trinajstić information content (AvgIpc) is 2.06. The molecule has 1 nitrogen and oxygen atoms in total. The van der Waals surface area contributed by atoms with Crippen molar-refractivity contribution in [2.45, 2.75) is 26.3 Å². The number of likely N-dealkylation sites (N-methyl/N-ethyl adjacent to an activating group) is 1. The van der Waals surface area contributed by atoms with Gasteiger partial charge >= 0.3 is 1.43 Å². The van der Waals surface area contributed by atoms with E-state index in [0.717, 1.165) is 13.0 Å². The van der Waals surface area contributed by atoms with Crippen LogP contribution in [-0.4, -0.2) is 12.6 Å². The monoisotopic (exact) mass is 199 g/mol. The van der Waals surface area contributed by atoms with Crippen molar-refractivity contribution in [2.24, 2.45) is 0 Å². The highest BCUT2D eigenvalue weighted by atomic mass is 35.5. The summed E-state index contributed by atoms with van der Waals surface area (Å²) < 4.78 is 0. The maximum absolute atomic E-state index is 3.39. The van der Waals surface area contributed by atoms with Crippen LogP contribution in [0.25, 0.3) is 0 Å². The quantitative estimate of drug-likeness (QED) is 0.680. The molecule has 0 aromatic heterocycles. The van der Waals surface area contributed by atoms with Crippen molar-refractivity contribution in [3.05, 3.63) is 35.9 Å². The summed E-state index contributed by atoms with van der Waals surface area (Å²) in [4.78, 5) is 0. The van der Waals surface area contributed by atoms with E-state index in [-0.39, 0.29) is 13.8 Å². The Balaban J connectivity index is 0. The Hall–Kier alpha value is -0.530. The van der Waals surface area contributed by atoms with E-state index in [1.165, 1.54) is 5.56 Å². The maximum Gasteiger partial charge on any atom is 1.00 e. The van der Waals surface area contributed by atoms with Crippen LogP contribution >= 0.6 is 0 Å². The average molecular weight is 200 g/mol. The van der Waals surface area contributed by atoms with E-state index >= 15 is 0 Å². The van der Waals surface area contributed by atoms with Crippen LogP contribution in [0, 0.1) is 0 Å². The second-order valence-corrected chi connectivity index (χ2v) is 3.15. The third-order valence-corrected chi connectivity index (χ3v) is 1.94. The van der Waals surface area contributed by atoms with Crippen LogP contribution in [0.2, 0.25) is 0 Å². The van der Waals surface area contributed by atoms with Crippen LogP contribution in [0.4, 0.5) is 0 Å². The molecule has 74 valence electrons. The Morgan fingerprint density at radius 2 is 1.92 bits per heavy atom. The molecule has 0 aliphatic rings. The summed E-state index contributed by atoms with van der Waals surface area (Å²) in [6.07, 6.45) is 1.12. The maximum atomic E-state index is 3.39. The summed E-state index contributed by atoms with van der Waals surface area (Å²) in [6, 6.07) is 11.2. The molecule has 0 aliphatic heterocycles. The van der Waals surface area contributed by atoms with Gasteiger partial charge < -0.3 is 17.7 Å². The molecule has 1 aromatic carbocycles. The molecule has 0 saturated heterocycles. The number of nitrogens with one attached hydrogen (secondary N) is 1. The molecule has 0 fully saturated rings. The molecule has 13 heavy (non-hydrogen) atoms. The molecule has 0 spiro atoms. The standard InChI is InChI=1S/C11H17N.ClH/c1-3-12-10(2)9-11-7-5-4-6-8-11;/h4-8,10,12H,3,9H2,1-2H3;1H. The van der Waals surface area contributed by atoms with Crippen molar-refractivity contribution in [3.63, 3.8) is 0 Å². The number of hydrogen-bond donors (Lipinski definition) is 1. The van der Waals surface area contributed by atoms with E-state index in [4.69, 9.17) is 0 Å². The van der Waals surface area contributed by atoms with Gasteiger partial charge in [0, 0.05) is 6.04 Å². The fourth-order valence-corrected chi connectivity index (χ4v) is 1.39. The lowest BCUT2D eigenvalue weighted by Crippen LogP contribution is -3.00. The Kier molecular flexibility index (Phi) is 6.65. The van der Waals surface area contributed by atoms with Crippen molar-refractivity contribution < 1.29 is 13.8 Å². The Bertz CT molecular complexity index is 216. The highest BCUT2D eigenvalue weighted by molar-refractivity contribution is 5.15. The highest BCUT2D eigenvalue weighted by Crippen LogP contribution is 2.01. The first-order chi connectivity index (χ1) is 5.83. The van der Waals surface area contributed by atoms with E-state index in [9.17, 15) is 0 Å². The number of benzene rings is 1.